The van der Waals surface area contributed by atoms with Gasteiger partial charge in [0.15, 0.2) is 21.5 Å². The van der Waals surface area contributed by atoms with Crippen molar-refractivity contribution in [3.05, 3.63) is 107 Å². The van der Waals surface area contributed by atoms with E-state index in [0.717, 1.165) is 11.3 Å². The van der Waals surface area contributed by atoms with Crippen LogP contribution in [0.5, 0.6) is 11.5 Å². The number of allylic oxidation sites excluding steroid dienone is 1. The fourth-order valence-electron chi connectivity index (χ4n) is 4.62. The summed E-state index contributed by atoms with van der Waals surface area (Å²) in [5.74, 6) is 0.465. The number of esters is 1. The zero-order valence-electron chi connectivity index (χ0n) is 22.2. The largest absolute Gasteiger partial charge is 0.463 e. The van der Waals surface area contributed by atoms with Gasteiger partial charge in [-0.05, 0) is 67.1 Å². The lowest BCUT2D eigenvalue weighted by Crippen LogP contribution is -2.39. The summed E-state index contributed by atoms with van der Waals surface area (Å²) in [5, 5.41) is 12.0. The number of thiazole rings is 1. The first-order valence-corrected chi connectivity index (χ1v) is 14.3. The van der Waals surface area contributed by atoms with E-state index in [4.69, 9.17) is 14.2 Å². The van der Waals surface area contributed by atoms with Crippen LogP contribution in [-0.2, 0) is 9.53 Å². The molecule has 2 aliphatic rings. The van der Waals surface area contributed by atoms with Crippen molar-refractivity contribution >= 4 is 40.8 Å². The summed E-state index contributed by atoms with van der Waals surface area (Å²) in [6, 6.07) is 10.4. The molecule has 0 unspecified atom stereocenters. The van der Waals surface area contributed by atoms with Crippen LogP contribution in [0.1, 0.15) is 31.0 Å². The van der Waals surface area contributed by atoms with Gasteiger partial charge in [-0.2, -0.15) is 0 Å². The van der Waals surface area contributed by atoms with Crippen molar-refractivity contribution in [3.8, 4) is 11.5 Å². The summed E-state index contributed by atoms with van der Waals surface area (Å²) in [4.78, 5) is 52.3. The molecule has 4 aromatic rings. The maximum absolute atomic E-state index is 14.0. The van der Waals surface area contributed by atoms with Gasteiger partial charge in [-0.15, -0.1) is 0 Å². The molecule has 0 saturated heterocycles. The number of nitro groups is 1. The SMILES string of the molecule is CCOC(=O)C1=C(C)N=c2s/c(=C/c3cc([N+](=O)[O-])ccc3Sc3ncccn3)c(=O)n2[C@H]1c1ccc2c(c1)OCO2. The van der Waals surface area contributed by atoms with Gasteiger partial charge < -0.3 is 14.2 Å². The lowest BCUT2D eigenvalue weighted by Gasteiger charge is -2.24. The molecular formula is C28H21N5O7S2. The van der Waals surface area contributed by atoms with Crippen LogP contribution in [0.2, 0.25) is 0 Å². The summed E-state index contributed by atoms with van der Waals surface area (Å²) in [6.07, 6.45) is 4.78. The van der Waals surface area contributed by atoms with E-state index in [-0.39, 0.29) is 29.2 Å². The number of ether oxygens (including phenoxy) is 3. The molecule has 0 radical (unpaired) electrons. The minimum Gasteiger partial charge on any atom is -0.463 e. The molecule has 0 fully saturated rings. The second kappa shape index (κ2) is 11.2. The third kappa shape index (κ3) is 5.05. The molecule has 12 nitrogen and oxygen atoms in total. The van der Waals surface area contributed by atoms with Gasteiger partial charge in [-0.3, -0.25) is 19.5 Å². The van der Waals surface area contributed by atoms with E-state index in [1.54, 1.807) is 62.6 Å². The molecule has 0 spiro atoms. The van der Waals surface area contributed by atoms with E-state index >= 15 is 0 Å². The van der Waals surface area contributed by atoms with Crippen molar-refractivity contribution in [2.45, 2.75) is 29.9 Å². The maximum Gasteiger partial charge on any atom is 0.338 e. The summed E-state index contributed by atoms with van der Waals surface area (Å²) >= 11 is 2.33. The Bertz CT molecular complexity index is 1950. The number of carbonyl (C=O) groups excluding carboxylic acids is 1. The number of benzene rings is 2. The number of hydrogen-bond acceptors (Lipinski definition) is 12. The highest BCUT2D eigenvalue weighted by Gasteiger charge is 2.34. The highest BCUT2D eigenvalue weighted by Crippen LogP contribution is 2.38. The average molecular weight is 604 g/mol. The molecule has 0 bridgehead atoms. The molecule has 1 atom stereocenters. The molecule has 14 heteroatoms. The van der Waals surface area contributed by atoms with Gasteiger partial charge in [0.25, 0.3) is 11.2 Å². The zero-order chi connectivity index (χ0) is 29.4. The molecular weight excluding hydrogens is 582 g/mol. The number of rotatable bonds is 7. The molecule has 2 aromatic heterocycles. The molecule has 6 rings (SSSR count). The number of fused-ring (bicyclic) bond motifs is 2. The van der Waals surface area contributed by atoms with Gasteiger partial charge in [0, 0.05) is 29.4 Å². The Morgan fingerprint density at radius 3 is 2.76 bits per heavy atom. The van der Waals surface area contributed by atoms with Crippen LogP contribution in [0, 0.1) is 10.1 Å². The number of nitrogens with zero attached hydrogens (tertiary/aromatic N) is 5. The second-order valence-electron chi connectivity index (χ2n) is 9.03. The van der Waals surface area contributed by atoms with Crippen LogP contribution in [0.4, 0.5) is 5.69 Å². The van der Waals surface area contributed by atoms with Crippen molar-refractivity contribution in [1.29, 1.82) is 0 Å². The standard InChI is InChI=1S/C28H21N5O7S2/c1-3-38-26(35)23-15(2)31-28-32(24(23)16-5-7-19-20(12-16)40-14-39-19)25(34)22(42-28)13-17-11-18(33(36)37)6-8-21(17)41-27-29-9-4-10-30-27/h4-13,24H,3,14H2,1-2H3/b22-13+/t24-/m0/s1. The van der Waals surface area contributed by atoms with Gasteiger partial charge >= 0.3 is 5.97 Å². The predicted octanol–water partition coefficient (Wildman–Crippen LogP) is 3.38. The maximum atomic E-state index is 14.0. The van der Waals surface area contributed by atoms with E-state index in [1.807, 2.05) is 0 Å². The molecule has 212 valence electrons. The van der Waals surface area contributed by atoms with Gasteiger partial charge in [0.1, 0.15) is 0 Å². The molecule has 4 heterocycles. The quantitative estimate of drug-likeness (QED) is 0.133. The van der Waals surface area contributed by atoms with Crippen molar-refractivity contribution in [2.24, 2.45) is 4.99 Å². The number of nitro benzene ring substituents is 1. The summed E-state index contributed by atoms with van der Waals surface area (Å²) in [6.45, 7) is 3.61. The Kier molecular flexibility index (Phi) is 7.31. The molecule has 2 aromatic carbocycles. The first kappa shape index (κ1) is 27.4. The second-order valence-corrected chi connectivity index (χ2v) is 11.0. The molecule has 2 aliphatic heterocycles. The smallest absolute Gasteiger partial charge is 0.338 e. The average Bonchev–Trinajstić information content (AvgIpc) is 3.57. The third-order valence-electron chi connectivity index (χ3n) is 6.46. The summed E-state index contributed by atoms with van der Waals surface area (Å²) in [7, 11) is 0. The first-order valence-electron chi connectivity index (χ1n) is 12.7. The highest BCUT2D eigenvalue weighted by atomic mass is 32.2. The van der Waals surface area contributed by atoms with Crippen LogP contribution >= 0.6 is 23.1 Å². The van der Waals surface area contributed by atoms with E-state index in [0.29, 0.717) is 43.2 Å². The monoisotopic (exact) mass is 603 g/mol. The van der Waals surface area contributed by atoms with Crippen molar-refractivity contribution in [2.75, 3.05) is 13.4 Å². The van der Waals surface area contributed by atoms with Crippen molar-refractivity contribution in [1.82, 2.24) is 14.5 Å². The molecule has 0 N–H and O–H groups in total. The Labute approximate surface area is 245 Å². The first-order chi connectivity index (χ1) is 20.3. The Balaban J connectivity index is 1.53. The predicted molar refractivity (Wildman–Crippen MR) is 152 cm³/mol. The van der Waals surface area contributed by atoms with Crippen LogP contribution in [0.15, 0.2) is 86.0 Å². The Morgan fingerprint density at radius 2 is 2.00 bits per heavy atom. The van der Waals surface area contributed by atoms with Crippen LogP contribution in [0.25, 0.3) is 6.08 Å². The normalized spacial score (nSPS) is 15.8. The van der Waals surface area contributed by atoms with Crippen molar-refractivity contribution < 1.29 is 23.9 Å². The summed E-state index contributed by atoms with van der Waals surface area (Å²) < 4.78 is 18.1. The van der Waals surface area contributed by atoms with Crippen LogP contribution in [0.3, 0.4) is 0 Å². The Morgan fingerprint density at radius 1 is 1.21 bits per heavy atom. The Hall–Kier alpha value is -4.82. The number of non-ortho nitro benzene ring substituents is 1. The summed E-state index contributed by atoms with van der Waals surface area (Å²) in [5.41, 5.74) is 1.13. The van der Waals surface area contributed by atoms with E-state index in [9.17, 15) is 19.7 Å². The third-order valence-corrected chi connectivity index (χ3v) is 8.43. The van der Waals surface area contributed by atoms with E-state index in [2.05, 4.69) is 15.0 Å². The van der Waals surface area contributed by atoms with E-state index in [1.165, 1.54) is 28.5 Å². The fourth-order valence-corrected chi connectivity index (χ4v) is 6.46. The molecule has 0 saturated carbocycles. The minimum absolute atomic E-state index is 0.0682. The van der Waals surface area contributed by atoms with Crippen molar-refractivity contribution in [3.63, 3.8) is 0 Å². The zero-order valence-corrected chi connectivity index (χ0v) is 23.8. The number of hydrogen-bond donors (Lipinski definition) is 0. The van der Waals surface area contributed by atoms with Gasteiger partial charge in [-0.25, -0.2) is 19.8 Å². The number of carbonyl (C=O) groups is 1. The van der Waals surface area contributed by atoms with Gasteiger partial charge in [0.05, 0.1) is 33.4 Å². The topological polar surface area (TPSA) is 148 Å². The molecule has 42 heavy (non-hydrogen) atoms. The lowest BCUT2D eigenvalue weighted by molar-refractivity contribution is -0.384. The minimum atomic E-state index is -0.853. The highest BCUT2D eigenvalue weighted by molar-refractivity contribution is 7.99. The fraction of sp³-hybridized carbons (Fsp3) is 0.179. The van der Waals surface area contributed by atoms with Gasteiger partial charge in [0.2, 0.25) is 6.79 Å². The van der Waals surface area contributed by atoms with Gasteiger partial charge in [-0.1, -0.05) is 17.4 Å². The van der Waals surface area contributed by atoms with E-state index < -0.39 is 22.5 Å². The van der Waals surface area contributed by atoms with Crippen LogP contribution < -0.4 is 24.4 Å². The van der Waals surface area contributed by atoms with Crippen LogP contribution in [-0.4, -0.2) is 38.8 Å². The molecule has 0 aliphatic carbocycles. The lowest BCUT2D eigenvalue weighted by atomic mass is 9.95. The number of aromatic nitrogens is 3. The molecule has 0 amide bonds.